The van der Waals surface area contributed by atoms with Crippen molar-refractivity contribution in [3.8, 4) is 0 Å². The number of nitrogens with two attached hydrogens (primary N) is 1. The van der Waals surface area contributed by atoms with Crippen LogP contribution in [0.15, 0.2) is 30.5 Å². The van der Waals surface area contributed by atoms with E-state index in [-0.39, 0.29) is 5.91 Å². The molecule has 0 atom stereocenters. The molecule has 1 aromatic carbocycles. The van der Waals surface area contributed by atoms with Crippen molar-refractivity contribution in [1.29, 1.82) is 0 Å². The molecule has 2 N–H and O–H groups in total. The summed E-state index contributed by atoms with van der Waals surface area (Å²) in [5.41, 5.74) is 6.90. The van der Waals surface area contributed by atoms with Crippen molar-refractivity contribution in [2.24, 2.45) is 5.73 Å². The van der Waals surface area contributed by atoms with E-state index >= 15 is 0 Å². The van der Waals surface area contributed by atoms with Crippen molar-refractivity contribution in [1.82, 2.24) is 4.57 Å². The van der Waals surface area contributed by atoms with Gasteiger partial charge in [-0.1, -0.05) is 0 Å². The van der Waals surface area contributed by atoms with Crippen LogP contribution in [-0.4, -0.2) is 10.5 Å². The zero-order valence-electron chi connectivity index (χ0n) is 8.03. The summed E-state index contributed by atoms with van der Waals surface area (Å²) >= 11 is 0. The number of aryl methyl sites for hydroxylation is 1. The van der Waals surface area contributed by atoms with Crippen LogP contribution >= 0.6 is 0 Å². The van der Waals surface area contributed by atoms with E-state index in [2.05, 4.69) is 11.5 Å². The van der Waals surface area contributed by atoms with Gasteiger partial charge in [-0.05, 0) is 31.2 Å². The number of rotatable bonds is 2. The first-order chi connectivity index (χ1) is 6.72. The summed E-state index contributed by atoms with van der Waals surface area (Å²) in [7, 11) is 0. The number of fused-ring (bicyclic) bond motifs is 1. The Labute approximate surface area is 82.1 Å². The van der Waals surface area contributed by atoms with Gasteiger partial charge in [0, 0.05) is 29.2 Å². The highest BCUT2D eigenvalue weighted by Crippen LogP contribution is 2.17. The van der Waals surface area contributed by atoms with Gasteiger partial charge < -0.3 is 10.3 Å². The van der Waals surface area contributed by atoms with Crippen molar-refractivity contribution in [3.05, 3.63) is 36.0 Å². The number of benzene rings is 1. The first kappa shape index (κ1) is 8.81. The molecular formula is C11H12N2O. The van der Waals surface area contributed by atoms with Gasteiger partial charge in [-0.2, -0.15) is 0 Å². The van der Waals surface area contributed by atoms with E-state index in [1.807, 2.05) is 24.4 Å². The fraction of sp³-hybridized carbons (Fsp3) is 0.182. The van der Waals surface area contributed by atoms with E-state index in [1.54, 1.807) is 6.07 Å². The lowest BCUT2D eigenvalue weighted by Crippen LogP contribution is -2.10. The van der Waals surface area contributed by atoms with E-state index in [0.717, 1.165) is 17.4 Å². The van der Waals surface area contributed by atoms with Gasteiger partial charge in [0.15, 0.2) is 0 Å². The third kappa shape index (κ3) is 1.27. The molecule has 3 nitrogen and oxygen atoms in total. The SMILES string of the molecule is CCn1ccc2cc(C(N)=O)ccc21. The van der Waals surface area contributed by atoms with Gasteiger partial charge in [-0.3, -0.25) is 4.79 Å². The molecule has 0 spiro atoms. The summed E-state index contributed by atoms with van der Waals surface area (Å²) in [6, 6.07) is 7.50. The Morgan fingerprint density at radius 2 is 2.21 bits per heavy atom. The van der Waals surface area contributed by atoms with Crippen LogP contribution in [0, 0.1) is 0 Å². The van der Waals surface area contributed by atoms with Gasteiger partial charge in [0.05, 0.1) is 0 Å². The summed E-state index contributed by atoms with van der Waals surface area (Å²) < 4.78 is 2.13. The van der Waals surface area contributed by atoms with Crippen LogP contribution in [0.2, 0.25) is 0 Å². The number of aromatic nitrogens is 1. The van der Waals surface area contributed by atoms with Crippen LogP contribution in [0.3, 0.4) is 0 Å². The summed E-state index contributed by atoms with van der Waals surface area (Å²) in [5, 5.41) is 1.06. The minimum Gasteiger partial charge on any atom is -0.366 e. The van der Waals surface area contributed by atoms with Crippen LogP contribution in [0.5, 0.6) is 0 Å². The van der Waals surface area contributed by atoms with Gasteiger partial charge in [-0.25, -0.2) is 0 Å². The second kappa shape index (κ2) is 3.18. The maximum Gasteiger partial charge on any atom is 0.248 e. The third-order valence-corrected chi connectivity index (χ3v) is 2.40. The number of hydrogen-bond acceptors (Lipinski definition) is 1. The highest BCUT2D eigenvalue weighted by Gasteiger charge is 2.03. The van der Waals surface area contributed by atoms with Gasteiger partial charge in [0.1, 0.15) is 0 Å². The number of carbonyl (C=O) groups excluding carboxylic acids is 1. The number of carbonyl (C=O) groups is 1. The van der Waals surface area contributed by atoms with Crippen molar-refractivity contribution < 1.29 is 4.79 Å². The van der Waals surface area contributed by atoms with Gasteiger partial charge in [0.2, 0.25) is 5.91 Å². The molecule has 0 saturated heterocycles. The summed E-state index contributed by atoms with van der Waals surface area (Å²) in [5.74, 6) is -0.379. The molecular weight excluding hydrogens is 176 g/mol. The Hall–Kier alpha value is -1.77. The van der Waals surface area contributed by atoms with Crippen molar-refractivity contribution in [3.63, 3.8) is 0 Å². The molecule has 1 amide bonds. The Morgan fingerprint density at radius 3 is 2.86 bits per heavy atom. The molecule has 1 heterocycles. The van der Waals surface area contributed by atoms with Crippen molar-refractivity contribution >= 4 is 16.8 Å². The smallest absolute Gasteiger partial charge is 0.248 e. The molecule has 0 aliphatic rings. The third-order valence-electron chi connectivity index (χ3n) is 2.40. The Morgan fingerprint density at radius 1 is 1.43 bits per heavy atom. The quantitative estimate of drug-likeness (QED) is 0.767. The maximum absolute atomic E-state index is 10.9. The van der Waals surface area contributed by atoms with Crippen LogP contribution in [0.4, 0.5) is 0 Å². The highest BCUT2D eigenvalue weighted by molar-refractivity contribution is 5.97. The minimum absolute atomic E-state index is 0.379. The Kier molecular flexibility index (Phi) is 2.00. The Bertz CT molecular complexity index is 485. The topological polar surface area (TPSA) is 48.0 Å². The molecule has 1 aromatic heterocycles. The molecule has 3 heteroatoms. The molecule has 0 aliphatic carbocycles. The van der Waals surface area contributed by atoms with Crippen molar-refractivity contribution in [2.75, 3.05) is 0 Å². The van der Waals surface area contributed by atoms with Crippen LogP contribution in [0.25, 0.3) is 10.9 Å². The number of hydrogen-bond donors (Lipinski definition) is 1. The average molecular weight is 188 g/mol. The predicted molar refractivity (Wildman–Crippen MR) is 56.1 cm³/mol. The second-order valence-electron chi connectivity index (χ2n) is 3.24. The standard InChI is InChI=1S/C11H12N2O/c1-2-13-6-5-8-7-9(11(12)14)3-4-10(8)13/h3-7H,2H2,1H3,(H2,12,14). The van der Waals surface area contributed by atoms with E-state index < -0.39 is 0 Å². The van der Waals surface area contributed by atoms with Gasteiger partial charge >= 0.3 is 0 Å². The largest absolute Gasteiger partial charge is 0.366 e. The number of nitrogens with zero attached hydrogens (tertiary/aromatic N) is 1. The van der Waals surface area contributed by atoms with E-state index in [9.17, 15) is 4.79 Å². The molecule has 0 radical (unpaired) electrons. The van der Waals surface area contributed by atoms with E-state index in [1.165, 1.54) is 0 Å². The normalized spacial score (nSPS) is 10.6. The zero-order chi connectivity index (χ0) is 10.1. The molecule has 2 aromatic rings. The van der Waals surface area contributed by atoms with Crippen LogP contribution < -0.4 is 5.73 Å². The number of amides is 1. The molecule has 0 saturated carbocycles. The summed E-state index contributed by atoms with van der Waals surface area (Å²) in [4.78, 5) is 10.9. The number of primary amides is 1. The molecule has 0 bridgehead atoms. The molecule has 72 valence electrons. The lowest BCUT2D eigenvalue weighted by molar-refractivity contribution is 0.100. The summed E-state index contributed by atoms with van der Waals surface area (Å²) in [6.45, 7) is 3.01. The van der Waals surface area contributed by atoms with Crippen LogP contribution in [-0.2, 0) is 6.54 Å². The van der Waals surface area contributed by atoms with Gasteiger partial charge in [-0.15, -0.1) is 0 Å². The van der Waals surface area contributed by atoms with Crippen LogP contribution in [0.1, 0.15) is 17.3 Å². The molecule has 0 fully saturated rings. The Balaban J connectivity index is 2.63. The lowest BCUT2D eigenvalue weighted by atomic mass is 10.1. The molecule has 2 rings (SSSR count). The molecule has 0 unspecified atom stereocenters. The average Bonchev–Trinajstić information content (AvgIpc) is 2.59. The maximum atomic E-state index is 10.9. The first-order valence-electron chi connectivity index (χ1n) is 4.61. The van der Waals surface area contributed by atoms with Gasteiger partial charge in [0.25, 0.3) is 0 Å². The van der Waals surface area contributed by atoms with E-state index in [4.69, 9.17) is 5.73 Å². The fourth-order valence-electron chi connectivity index (χ4n) is 1.63. The summed E-state index contributed by atoms with van der Waals surface area (Å²) in [6.07, 6.45) is 2.01. The highest BCUT2D eigenvalue weighted by atomic mass is 16.1. The predicted octanol–water partition coefficient (Wildman–Crippen LogP) is 1.76. The first-order valence-corrected chi connectivity index (χ1v) is 4.61. The monoisotopic (exact) mass is 188 g/mol. The molecule has 14 heavy (non-hydrogen) atoms. The lowest BCUT2D eigenvalue weighted by Gasteiger charge is -2.00. The van der Waals surface area contributed by atoms with Crippen molar-refractivity contribution in [2.45, 2.75) is 13.5 Å². The zero-order valence-corrected chi connectivity index (χ0v) is 8.03. The second-order valence-corrected chi connectivity index (χ2v) is 3.24. The minimum atomic E-state index is -0.379. The van der Waals surface area contributed by atoms with E-state index in [0.29, 0.717) is 5.56 Å². The fourth-order valence-corrected chi connectivity index (χ4v) is 1.63. The molecule has 0 aliphatic heterocycles.